The van der Waals surface area contributed by atoms with Gasteiger partial charge in [-0.2, -0.15) is 0 Å². The highest BCUT2D eigenvalue weighted by Crippen LogP contribution is 2.27. The van der Waals surface area contributed by atoms with E-state index in [-0.39, 0.29) is 12.1 Å². The molecule has 0 aromatic heterocycles. The van der Waals surface area contributed by atoms with Crippen LogP contribution in [0.3, 0.4) is 0 Å². The van der Waals surface area contributed by atoms with Gasteiger partial charge in [0.25, 0.3) is 0 Å². The molecule has 1 unspecified atom stereocenters. The van der Waals surface area contributed by atoms with E-state index >= 15 is 0 Å². The van der Waals surface area contributed by atoms with Crippen molar-refractivity contribution in [2.75, 3.05) is 5.32 Å². The molecular formula is C19H16Cl2N2O. The number of fused-ring (bicyclic) bond motifs is 1. The van der Waals surface area contributed by atoms with Crippen molar-refractivity contribution in [2.24, 2.45) is 0 Å². The lowest BCUT2D eigenvalue weighted by atomic mass is 10.1. The predicted octanol–water partition coefficient (Wildman–Crippen LogP) is 6.03. The van der Waals surface area contributed by atoms with E-state index < -0.39 is 0 Å². The number of hydrogen-bond donors (Lipinski definition) is 2. The number of urea groups is 1. The van der Waals surface area contributed by atoms with Crippen LogP contribution in [0, 0.1) is 0 Å². The van der Waals surface area contributed by atoms with Gasteiger partial charge in [0.2, 0.25) is 0 Å². The SMILES string of the molecule is CC(NC(=O)Nc1cccc2ccccc12)c1ccc(Cl)cc1Cl. The molecule has 0 bridgehead atoms. The van der Waals surface area contributed by atoms with Crippen LogP contribution in [0.15, 0.2) is 60.7 Å². The maximum atomic E-state index is 12.3. The molecule has 0 aliphatic rings. The minimum absolute atomic E-state index is 0.246. The molecule has 122 valence electrons. The molecule has 2 N–H and O–H groups in total. The molecule has 0 fully saturated rings. The van der Waals surface area contributed by atoms with E-state index in [1.807, 2.05) is 55.5 Å². The highest BCUT2D eigenvalue weighted by atomic mass is 35.5. The maximum absolute atomic E-state index is 12.3. The van der Waals surface area contributed by atoms with Crippen LogP contribution in [0.4, 0.5) is 10.5 Å². The number of benzene rings is 3. The Balaban J connectivity index is 1.75. The lowest BCUT2D eigenvalue weighted by molar-refractivity contribution is 0.249. The standard InChI is InChI=1S/C19H16Cl2N2O/c1-12(15-10-9-14(20)11-17(15)21)22-19(24)23-18-8-4-6-13-5-2-3-7-16(13)18/h2-12H,1H3,(H2,22,23,24). The van der Waals surface area contributed by atoms with Crippen LogP contribution in [0.2, 0.25) is 10.0 Å². The number of amides is 2. The van der Waals surface area contributed by atoms with E-state index in [4.69, 9.17) is 23.2 Å². The third kappa shape index (κ3) is 3.64. The van der Waals surface area contributed by atoms with Gasteiger partial charge in [0.1, 0.15) is 0 Å². The Hall–Kier alpha value is -2.23. The summed E-state index contributed by atoms with van der Waals surface area (Å²) in [6.45, 7) is 1.87. The predicted molar refractivity (Wildman–Crippen MR) is 101 cm³/mol. The van der Waals surface area contributed by atoms with E-state index in [9.17, 15) is 4.79 Å². The van der Waals surface area contributed by atoms with Crippen LogP contribution in [-0.4, -0.2) is 6.03 Å². The van der Waals surface area contributed by atoms with Gasteiger partial charge < -0.3 is 10.6 Å². The fraction of sp³-hybridized carbons (Fsp3) is 0.105. The van der Waals surface area contributed by atoms with Crippen LogP contribution in [-0.2, 0) is 0 Å². The van der Waals surface area contributed by atoms with Crippen LogP contribution < -0.4 is 10.6 Å². The van der Waals surface area contributed by atoms with E-state index in [1.54, 1.807) is 12.1 Å². The molecule has 0 saturated carbocycles. The molecule has 3 nitrogen and oxygen atoms in total. The summed E-state index contributed by atoms with van der Waals surface area (Å²) in [4.78, 5) is 12.3. The Labute approximate surface area is 150 Å². The number of anilines is 1. The molecule has 0 spiro atoms. The lowest BCUT2D eigenvalue weighted by Crippen LogP contribution is -2.31. The van der Waals surface area contributed by atoms with Gasteiger partial charge in [-0.25, -0.2) is 4.79 Å². The number of nitrogens with one attached hydrogen (secondary N) is 2. The first-order valence-corrected chi connectivity index (χ1v) is 8.30. The molecule has 1 atom stereocenters. The van der Waals surface area contributed by atoms with Gasteiger partial charge in [-0.1, -0.05) is 65.7 Å². The van der Waals surface area contributed by atoms with Gasteiger partial charge >= 0.3 is 6.03 Å². The second-order valence-corrected chi connectivity index (χ2v) is 6.36. The average Bonchev–Trinajstić information content (AvgIpc) is 2.55. The van der Waals surface area contributed by atoms with Gasteiger partial charge in [0.05, 0.1) is 11.7 Å². The number of halogens is 2. The van der Waals surface area contributed by atoms with Crippen LogP contribution in [0.25, 0.3) is 10.8 Å². The molecule has 0 aliphatic carbocycles. The number of carbonyl (C=O) groups excluding carboxylic acids is 1. The van der Waals surface area contributed by atoms with Gasteiger partial charge in [0, 0.05) is 15.4 Å². The highest BCUT2D eigenvalue weighted by molar-refractivity contribution is 6.35. The summed E-state index contributed by atoms with van der Waals surface area (Å²) < 4.78 is 0. The van der Waals surface area contributed by atoms with Crippen molar-refractivity contribution >= 4 is 45.7 Å². The second-order valence-electron chi connectivity index (χ2n) is 5.51. The van der Waals surface area contributed by atoms with Gasteiger partial charge in [-0.3, -0.25) is 0 Å². The molecular weight excluding hydrogens is 343 g/mol. The summed E-state index contributed by atoms with van der Waals surface area (Å²) in [6.07, 6.45) is 0. The third-order valence-corrected chi connectivity index (χ3v) is 4.38. The third-order valence-electron chi connectivity index (χ3n) is 3.81. The Morgan fingerprint density at radius 3 is 2.54 bits per heavy atom. The summed E-state index contributed by atoms with van der Waals surface area (Å²) >= 11 is 12.1. The van der Waals surface area contributed by atoms with E-state index in [2.05, 4.69) is 10.6 Å². The number of hydrogen-bond acceptors (Lipinski definition) is 1. The molecule has 24 heavy (non-hydrogen) atoms. The maximum Gasteiger partial charge on any atom is 0.319 e. The van der Waals surface area contributed by atoms with Crippen molar-refractivity contribution < 1.29 is 4.79 Å². The Bertz CT molecular complexity index is 890. The van der Waals surface area contributed by atoms with Crippen molar-refractivity contribution in [3.05, 3.63) is 76.3 Å². The molecule has 0 aliphatic heterocycles. The number of carbonyl (C=O) groups is 1. The second kappa shape index (κ2) is 7.12. The highest BCUT2D eigenvalue weighted by Gasteiger charge is 2.13. The zero-order valence-electron chi connectivity index (χ0n) is 13.0. The quantitative estimate of drug-likeness (QED) is 0.589. The summed E-state index contributed by atoms with van der Waals surface area (Å²) in [6, 6.07) is 18.4. The van der Waals surface area contributed by atoms with Crippen molar-refractivity contribution in [1.82, 2.24) is 5.32 Å². The smallest absolute Gasteiger partial charge is 0.319 e. The van der Waals surface area contributed by atoms with Crippen molar-refractivity contribution in [2.45, 2.75) is 13.0 Å². The lowest BCUT2D eigenvalue weighted by Gasteiger charge is -2.17. The monoisotopic (exact) mass is 358 g/mol. The first-order valence-electron chi connectivity index (χ1n) is 7.55. The minimum Gasteiger partial charge on any atom is -0.331 e. The average molecular weight is 359 g/mol. The van der Waals surface area contributed by atoms with Crippen LogP contribution in [0.1, 0.15) is 18.5 Å². The number of rotatable bonds is 3. The molecule has 3 aromatic carbocycles. The molecule has 5 heteroatoms. The Morgan fingerprint density at radius 2 is 1.75 bits per heavy atom. The Kier molecular flexibility index (Phi) is 4.93. The largest absolute Gasteiger partial charge is 0.331 e. The summed E-state index contributed by atoms with van der Waals surface area (Å²) in [5.41, 5.74) is 1.58. The van der Waals surface area contributed by atoms with Crippen LogP contribution in [0.5, 0.6) is 0 Å². The fourth-order valence-electron chi connectivity index (χ4n) is 2.62. The van der Waals surface area contributed by atoms with E-state index in [0.717, 1.165) is 22.0 Å². The molecule has 0 heterocycles. The van der Waals surface area contributed by atoms with Gasteiger partial charge in [-0.05, 0) is 36.1 Å². The molecule has 3 aromatic rings. The minimum atomic E-state index is -0.287. The Morgan fingerprint density at radius 1 is 1.00 bits per heavy atom. The topological polar surface area (TPSA) is 41.1 Å². The molecule has 0 saturated heterocycles. The first kappa shape index (κ1) is 16.6. The zero-order valence-corrected chi connectivity index (χ0v) is 14.5. The molecule has 2 amide bonds. The molecule has 3 rings (SSSR count). The van der Waals surface area contributed by atoms with Crippen molar-refractivity contribution in [1.29, 1.82) is 0 Å². The van der Waals surface area contributed by atoms with E-state index in [0.29, 0.717) is 10.0 Å². The summed E-state index contributed by atoms with van der Waals surface area (Å²) in [5.74, 6) is 0. The molecule has 0 radical (unpaired) electrons. The fourth-order valence-corrected chi connectivity index (χ4v) is 3.19. The first-order chi connectivity index (χ1) is 11.5. The normalized spacial score (nSPS) is 12.0. The summed E-state index contributed by atoms with van der Waals surface area (Å²) in [7, 11) is 0. The van der Waals surface area contributed by atoms with Crippen molar-refractivity contribution in [3.63, 3.8) is 0 Å². The van der Waals surface area contributed by atoms with Crippen molar-refractivity contribution in [3.8, 4) is 0 Å². The summed E-state index contributed by atoms with van der Waals surface area (Å²) in [5, 5.41) is 8.95. The van der Waals surface area contributed by atoms with E-state index in [1.165, 1.54) is 0 Å². The van der Waals surface area contributed by atoms with Gasteiger partial charge in [0.15, 0.2) is 0 Å². The zero-order chi connectivity index (χ0) is 17.1. The van der Waals surface area contributed by atoms with Crippen LogP contribution >= 0.6 is 23.2 Å². The van der Waals surface area contributed by atoms with Gasteiger partial charge in [-0.15, -0.1) is 0 Å².